The third kappa shape index (κ3) is 3.37. The van der Waals surface area contributed by atoms with Crippen LogP contribution in [0.2, 0.25) is 0 Å². The van der Waals surface area contributed by atoms with Gasteiger partial charge >= 0.3 is 0 Å². The number of hydrogen-bond acceptors (Lipinski definition) is 1. The van der Waals surface area contributed by atoms with Crippen molar-refractivity contribution in [1.29, 1.82) is 0 Å². The summed E-state index contributed by atoms with van der Waals surface area (Å²) >= 11 is 0. The van der Waals surface area contributed by atoms with Crippen LogP contribution in [0, 0.1) is 0 Å². The van der Waals surface area contributed by atoms with E-state index in [-0.39, 0.29) is 0 Å². The van der Waals surface area contributed by atoms with Crippen LogP contribution in [0.4, 0.5) is 0 Å². The molecule has 0 radical (unpaired) electrons. The summed E-state index contributed by atoms with van der Waals surface area (Å²) in [6, 6.07) is 45.7. The summed E-state index contributed by atoms with van der Waals surface area (Å²) in [7, 11) is 0. The van der Waals surface area contributed by atoms with E-state index in [0.29, 0.717) is 0 Å². The molecule has 0 spiro atoms. The molecule has 0 aliphatic rings. The molecular weight excluding hydrogens is 448 g/mol. The van der Waals surface area contributed by atoms with Crippen molar-refractivity contribution in [3.63, 3.8) is 0 Å². The second-order valence-corrected chi connectivity index (χ2v) is 9.43. The average Bonchev–Trinajstić information content (AvgIpc) is 3.35. The molecule has 0 aliphatic heterocycles. The number of aromatic nitrogens is 2. The van der Waals surface area contributed by atoms with Crippen molar-refractivity contribution in [2.75, 3.05) is 0 Å². The number of para-hydroxylation sites is 3. The van der Waals surface area contributed by atoms with Crippen LogP contribution in [-0.2, 0) is 6.42 Å². The quantitative estimate of drug-likeness (QED) is 0.232. The lowest BCUT2D eigenvalue weighted by Crippen LogP contribution is -2.03. The van der Waals surface area contributed by atoms with Crippen molar-refractivity contribution < 1.29 is 0 Å². The lowest BCUT2D eigenvalue weighted by Gasteiger charge is -2.20. The SMILES string of the molecule is CCc1nc2ccccc2n1-c1ccccc1-c1c2ccccc2c(-c2ccccc2)c2ccccc12. The zero-order valence-electron chi connectivity index (χ0n) is 20.7. The molecule has 2 heteroatoms. The molecule has 6 aromatic carbocycles. The summed E-state index contributed by atoms with van der Waals surface area (Å²) < 4.78 is 2.35. The van der Waals surface area contributed by atoms with Gasteiger partial charge in [0.05, 0.1) is 16.7 Å². The first-order valence-electron chi connectivity index (χ1n) is 12.9. The molecular formula is C35H26N2. The first-order chi connectivity index (χ1) is 18.3. The smallest absolute Gasteiger partial charge is 0.114 e. The van der Waals surface area contributed by atoms with Crippen LogP contribution < -0.4 is 0 Å². The summed E-state index contributed by atoms with van der Waals surface area (Å²) in [6.07, 6.45) is 0.859. The Balaban J connectivity index is 1.63. The molecule has 0 fully saturated rings. The summed E-state index contributed by atoms with van der Waals surface area (Å²) in [5.74, 6) is 1.07. The summed E-state index contributed by atoms with van der Waals surface area (Å²) in [5.41, 5.74) is 8.34. The molecule has 0 N–H and O–H groups in total. The predicted molar refractivity (Wildman–Crippen MR) is 156 cm³/mol. The molecule has 0 amide bonds. The highest BCUT2D eigenvalue weighted by Crippen LogP contribution is 2.45. The van der Waals surface area contributed by atoms with Crippen LogP contribution in [0.5, 0.6) is 0 Å². The molecule has 0 aliphatic carbocycles. The summed E-state index contributed by atoms with van der Waals surface area (Å²) in [5, 5.41) is 5.05. The molecule has 0 atom stereocenters. The third-order valence-corrected chi connectivity index (χ3v) is 7.35. The number of nitrogens with zero attached hydrogens (tertiary/aromatic N) is 2. The van der Waals surface area contributed by atoms with Crippen LogP contribution >= 0.6 is 0 Å². The standard InChI is InChI=1S/C35H26N2/c1-2-33-36-30-21-11-13-23-32(30)37(33)31-22-12-10-20-29(31)35-27-18-8-6-16-25(27)34(24-14-4-3-5-15-24)26-17-7-9-19-28(26)35/h3-23H,2H2,1H3. The van der Waals surface area contributed by atoms with Crippen LogP contribution in [-0.4, -0.2) is 9.55 Å². The molecule has 0 saturated carbocycles. The Labute approximate surface area is 216 Å². The van der Waals surface area contributed by atoms with Gasteiger partial charge in [-0.1, -0.05) is 116 Å². The highest BCUT2D eigenvalue weighted by molar-refractivity contribution is 6.22. The van der Waals surface area contributed by atoms with Crippen molar-refractivity contribution >= 4 is 32.6 Å². The van der Waals surface area contributed by atoms with Gasteiger partial charge in [0.15, 0.2) is 0 Å². The van der Waals surface area contributed by atoms with E-state index in [9.17, 15) is 0 Å². The Morgan fingerprint density at radius 2 is 1.08 bits per heavy atom. The molecule has 37 heavy (non-hydrogen) atoms. The van der Waals surface area contributed by atoms with E-state index in [1.54, 1.807) is 0 Å². The second-order valence-electron chi connectivity index (χ2n) is 9.43. The fraction of sp³-hybridized carbons (Fsp3) is 0.0571. The normalized spacial score (nSPS) is 11.5. The minimum absolute atomic E-state index is 0.859. The fourth-order valence-electron chi connectivity index (χ4n) is 5.80. The molecule has 1 aromatic heterocycles. The average molecular weight is 475 g/mol. The largest absolute Gasteiger partial charge is 0.296 e. The zero-order valence-corrected chi connectivity index (χ0v) is 20.7. The summed E-state index contributed by atoms with van der Waals surface area (Å²) in [4.78, 5) is 4.98. The van der Waals surface area contributed by atoms with Crippen LogP contribution in [0.3, 0.4) is 0 Å². The Morgan fingerprint density at radius 3 is 1.76 bits per heavy atom. The number of aryl methyl sites for hydroxylation is 1. The minimum Gasteiger partial charge on any atom is -0.296 e. The van der Waals surface area contributed by atoms with Gasteiger partial charge in [0.1, 0.15) is 5.82 Å². The van der Waals surface area contributed by atoms with Gasteiger partial charge in [-0.05, 0) is 56.4 Å². The van der Waals surface area contributed by atoms with E-state index < -0.39 is 0 Å². The highest BCUT2D eigenvalue weighted by Gasteiger charge is 2.20. The van der Waals surface area contributed by atoms with E-state index in [1.165, 1.54) is 43.8 Å². The third-order valence-electron chi connectivity index (χ3n) is 7.35. The summed E-state index contributed by atoms with van der Waals surface area (Å²) in [6.45, 7) is 2.18. The first-order valence-corrected chi connectivity index (χ1v) is 12.9. The van der Waals surface area contributed by atoms with E-state index in [4.69, 9.17) is 4.98 Å². The van der Waals surface area contributed by atoms with Gasteiger partial charge in [-0.2, -0.15) is 0 Å². The van der Waals surface area contributed by atoms with Crippen molar-refractivity contribution in [3.8, 4) is 27.9 Å². The molecule has 0 unspecified atom stereocenters. The van der Waals surface area contributed by atoms with E-state index in [0.717, 1.165) is 29.0 Å². The maximum atomic E-state index is 4.98. The van der Waals surface area contributed by atoms with Gasteiger partial charge in [0, 0.05) is 12.0 Å². The monoisotopic (exact) mass is 474 g/mol. The Hall–Kier alpha value is -4.69. The van der Waals surface area contributed by atoms with Gasteiger partial charge in [0.25, 0.3) is 0 Å². The maximum Gasteiger partial charge on any atom is 0.114 e. The van der Waals surface area contributed by atoms with E-state index in [2.05, 4.69) is 139 Å². The molecule has 0 saturated heterocycles. The van der Waals surface area contributed by atoms with Gasteiger partial charge < -0.3 is 0 Å². The van der Waals surface area contributed by atoms with Gasteiger partial charge in [-0.3, -0.25) is 4.57 Å². The van der Waals surface area contributed by atoms with Crippen molar-refractivity contribution in [2.45, 2.75) is 13.3 Å². The zero-order chi connectivity index (χ0) is 24.8. The van der Waals surface area contributed by atoms with E-state index in [1.807, 2.05) is 0 Å². The fourth-order valence-corrected chi connectivity index (χ4v) is 5.80. The van der Waals surface area contributed by atoms with Crippen molar-refractivity contribution in [2.24, 2.45) is 0 Å². The van der Waals surface area contributed by atoms with Crippen LogP contribution in [0.25, 0.3) is 60.5 Å². The number of fused-ring (bicyclic) bond motifs is 3. The van der Waals surface area contributed by atoms with Gasteiger partial charge in [-0.25, -0.2) is 4.98 Å². The molecule has 0 bridgehead atoms. The van der Waals surface area contributed by atoms with Gasteiger partial charge in [-0.15, -0.1) is 0 Å². The van der Waals surface area contributed by atoms with E-state index >= 15 is 0 Å². The molecule has 1 heterocycles. The maximum absolute atomic E-state index is 4.98. The molecule has 2 nitrogen and oxygen atoms in total. The Bertz CT molecular complexity index is 1850. The van der Waals surface area contributed by atoms with Crippen molar-refractivity contribution in [1.82, 2.24) is 9.55 Å². The molecule has 7 aromatic rings. The number of benzene rings is 6. The van der Waals surface area contributed by atoms with Crippen molar-refractivity contribution in [3.05, 3.63) is 133 Å². The molecule has 7 rings (SSSR count). The van der Waals surface area contributed by atoms with Crippen LogP contribution in [0.15, 0.2) is 127 Å². The first kappa shape index (κ1) is 21.6. The highest BCUT2D eigenvalue weighted by atomic mass is 15.1. The Kier molecular flexibility index (Phi) is 5.11. The van der Waals surface area contributed by atoms with Gasteiger partial charge in [0.2, 0.25) is 0 Å². The topological polar surface area (TPSA) is 17.8 Å². The Morgan fingerprint density at radius 1 is 0.541 bits per heavy atom. The predicted octanol–water partition coefficient (Wildman–Crippen LogP) is 9.23. The number of rotatable bonds is 4. The van der Waals surface area contributed by atoms with Crippen LogP contribution in [0.1, 0.15) is 12.7 Å². The lowest BCUT2D eigenvalue weighted by atomic mass is 9.85. The lowest BCUT2D eigenvalue weighted by molar-refractivity contribution is 0.909. The minimum atomic E-state index is 0.859. The number of hydrogen-bond donors (Lipinski definition) is 0. The second kappa shape index (κ2) is 8.76. The molecule has 176 valence electrons. The number of imidazole rings is 1.